The normalized spacial score (nSPS) is 15.1. The van der Waals surface area contributed by atoms with Gasteiger partial charge in [-0.2, -0.15) is 0 Å². The Hall–Kier alpha value is -2.37. The number of amides is 2. The van der Waals surface area contributed by atoms with Gasteiger partial charge in [-0.15, -0.1) is 0 Å². The van der Waals surface area contributed by atoms with Crippen LogP contribution in [-0.4, -0.2) is 52.8 Å². The smallest absolute Gasteiger partial charge is 0.254 e. The van der Waals surface area contributed by atoms with Gasteiger partial charge in [-0.25, -0.2) is 4.98 Å². The van der Waals surface area contributed by atoms with E-state index in [0.717, 1.165) is 18.4 Å². The Kier molecular flexibility index (Phi) is 4.83. The number of carbonyl (C=O) groups excluding carboxylic acids is 2. The van der Waals surface area contributed by atoms with Crippen molar-refractivity contribution in [2.45, 2.75) is 33.1 Å². The molecule has 0 atom stereocenters. The highest BCUT2D eigenvalue weighted by Gasteiger charge is 2.24. The average Bonchev–Trinajstić information content (AvgIpc) is 2.98. The number of benzene rings is 1. The summed E-state index contributed by atoms with van der Waals surface area (Å²) in [5, 5.41) is 0. The van der Waals surface area contributed by atoms with Crippen molar-refractivity contribution in [1.29, 1.82) is 0 Å². The number of aromatic nitrogens is 1. The molecule has 24 heavy (non-hydrogen) atoms. The summed E-state index contributed by atoms with van der Waals surface area (Å²) >= 11 is 0. The Labute approximate surface area is 141 Å². The zero-order valence-electron chi connectivity index (χ0n) is 14.2. The second kappa shape index (κ2) is 7.03. The lowest BCUT2D eigenvalue weighted by Gasteiger charge is -2.35. The summed E-state index contributed by atoms with van der Waals surface area (Å²) < 4.78 is 5.50. The minimum absolute atomic E-state index is 0.0217. The van der Waals surface area contributed by atoms with Crippen LogP contribution in [0.4, 0.5) is 0 Å². The van der Waals surface area contributed by atoms with Crippen molar-refractivity contribution >= 4 is 22.9 Å². The van der Waals surface area contributed by atoms with Crippen molar-refractivity contribution < 1.29 is 14.0 Å². The van der Waals surface area contributed by atoms with Gasteiger partial charge in [0.05, 0.1) is 0 Å². The monoisotopic (exact) mass is 329 g/mol. The van der Waals surface area contributed by atoms with Gasteiger partial charge in [0.15, 0.2) is 11.5 Å². The number of carbonyl (C=O) groups is 2. The lowest BCUT2D eigenvalue weighted by Crippen LogP contribution is -2.50. The van der Waals surface area contributed by atoms with Crippen LogP contribution < -0.4 is 0 Å². The van der Waals surface area contributed by atoms with Gasteiger partial charge in [-0.3, -0.25) is 9.59 Å². The summed E-state index contributed by atoms with van der Waals surface area (Å²) in [6.07, 6.45) is 2.55. The minimum atomic E-state index is -0.0217. The quantitative estimate of drug-likeness (QED) is 0.865. The lowest BCUT2D eigenvalue weighted by molar-refractivity contribution is -0.132. The Balaban J connectivity index is 1.62. The van der Waals surface area contributed by atoms with Gasteiger partial charge in [-0.05, 0) is 24.6 Å². The van der Waals surface area contributed by atoms with Crippen molar-refractivity contribution in [2.24, 2.45) is 0 Å². The molecule has 1 aromatic carbocycles. The maximum atomic E-state index is 12.7. The van der Waals surface area contributed by atoms with E-state index >= 15 is 0 Å². The predicted molar refractivity (Wildman–Crippen MR) is 90.8 cm³/mol. The highest BCUT2D eigenvalue weighted by molar-refractivity contribution is 5.97. The molecule has 1 aliphatic rings. The van der Waals surface area contributed by atoms with Crippen molar-refractivity contribution in [3.63, 3.8) is 0 Å². The first kappa shape index (κ1) is 16.5. The second-order valence-electron chi connectivity index (χ2n) is 6.19. The van der Waals surface area contributed by atoms with E-state index in [-0.39, 0.29) is 11.8 Å². The zero-order chi connectivity index (χ0) is 17.1. The summed E-state index contributed by atoms with van der Waals surface area (Å²) in [5.41, 5.74) is 1.99. The molecule has 0 spiro atoms. The summed E-state index contributed by atoms with van der Waals surface area (Å²) in [7, 11) is 0. The van der Waals surface area contributed by atoms with Gasteiger partial charge in [0.1, 0.15) is 5.52 Å². The zero-order valence-corrected chi connectivity index (χ0v) is 14.2. The number of rotatable bonds is 4. The fourth-order valence-electron chi connectivity index (χ4n) is 3.00. The van der Waals surface area contributed by atoms with Crippen LogP contribution in [0, 0.1) is 6.92 Å². The van der Waals surface area contributed by atoms with Crippen LogP contribution in [0.1, 0.15) is 42.4 Å². The van der Waals surface area contributed by atoms with Crippen molar-refractivity contribution in [1.82, 2.24) is 14.8 Å². The third-order valence-electron chi connectivity index (χ3n) is 4.41. The first-order valence-corrected chi connectivity index (χ1v) is 8.52. The molecule has 0 unspecified atom stereocenters. The van der Waals surface area contributed by atoms with Crippen molar-refractivity contribution in [3.05, 3.63) is 29.7 Å². The molecule has 2 heterocycles. The molecule has 1 aliphatic heterocycles. The number of hydrogen-bond acceptors (Lipinski definition) is 4. The molecule has 128 valence electrons. The summed E-state index contributed by atoms with van der Waals surface area (Å²) in [6, 6.07) is 5.34. The molecule has 1 saturated heterocycles. The van der Waals surface area contributed by atoms with E-state index in [9.17, 15) is 9.59 Å². The van der Waals surface area contributed by atoms with Gasteiger partial charge in [0, 0.05) is 45.1 Å². The highest BCUT2D eigenvalue weighted by Crippen LogP contribution is 2.18. The molecule has 0 N–H and O–H groups in total. The SMILES string of the molecule is CCCCC(=O)N1CCN(C(=O)c2ccc3nc(C)oc3c2)CC1. The molecule has 6 nitrogen and oxygen atoms in total. The van der Waals surface area contributed by atoms with Crippen LogP contribution in [0.5, 0.6) is 0 Å². The number of unbranched alkanes of at least 4 members (excludes halogenated alkanes) is 1. The third-order valence-corrected chi connectivity index (χ3v) is 4.41. The Morgan fingerprint density at radius 1 is 1.17 bits per heavy atom. The summed E-state index contributed by atoms with van der Waals surface area (Å²) in [6.45, 7) is 6.23. The van der Waals surface area contributed by atoms with Crippen LogP contribution in [0.25, 0.3) is 11.1 Å². The Morgan fingerprint density at radius 3 is 2.58 bits per heavy atom. The van der Waals surface area contributed by atoms with E-state index in [1.165, 1.54) is 0 Å². The molecule has 1 fully saturated rings. The van der Waals surface area contributed by atoms with E-state index < -0.39 is 0 Å². The Bertz CT molecular complexity index is 745. The molecule has 2 amide bonds. The number of fused-ring (bicyclic) bond motifs is 1. The molecule has 0 bridgehead atoms. The molecule has 6 heteroatoms. The van der Waals surface area contributed by atoms with Crippen molar-refractivity contribution in [2.75, 3.05) is 26.2 Å². The topological polar surface area (TPSA) is 66.7 Å². The molecule has 0 saturated carbocycles. The fraction of sp³-hybridized carbons (Fsp3) is 0.500. The van der Waals surface area contributed by atoms with E-state index in [0.29, 0.717) is 49.6 Å². The predicted octanol–water partition coefficient (Wildman–Crippen LogP) is 2.61. The number of oxazole rings is 1. The fourth-order valence-corrected chi connectivity index (χ4v) is 3.00. The van der Waals surface area contributed by atoms with Crippen LogP contribution in [0.3, 0.4) is 0 Å². The largest absolute Gasteiger partial charge is 0.441 e. The molecular formula is C18H23N3O3. The number of piperazine rings is 1. The number of aryl methyl sites for hydroxylation is 1. The molecule has 0 aliphatic carbocycles. The van der Waals surface area contributed by atoms with Gasteiger partial charge < -0.3 is 14.2 Å². The van der Waals surface area contributed by atoms with E-state index in [1.807, 2.05) is 11.0 Å². The van der Waals surface area contributed by atoms with Gasteiger partial charge >= 0.3 is 0 Å². The highest BCUT2D eigenvalue weighted by atomic mass is 16.3. The lowest BCUT2D eigenvalue weighted by atomic mass is 10.1. The molecule has 3 rings (SSSR count). The van der Waals surface area contributed by atoms with E-state index in [4.69, 9.17) is 4.42 Å². The van der Waals surface area contributed by atoms with Crippen LogP contribution >= 0.6 is 0 Å². The third kappa shape index (κ3) is 3.42. The van der Waals surface area contributed by atoms with Crippen LogP contribution in [0.15, 0.2) is 22.6 Å². The molecule has 1 aromatic heterocycles. The number of hydrogen-bond donors (Lipinski definition) is 0. The molecule has 2 aromatic rings. The number of nitrogens with zero attached hydrogens (tertiary/aromatic N) is 3. The standard InChI is InChI=1S/C18H23N3O3/c1-3-4-5-17(22)20-8-10-21(11-9-20)18(23)14-6-7-15-16(12-14)24-13(2)19-15/h6-7,12H,3-5,8-11H2,1-2H3. The van der Waals surface area contributed by atoms with E-state index in [2.05, 4.69) is 11.9 Å². The Morgan fingerprint density at radius 2 is 1.88 bits per heavy atom. The van der Waals surface area contributed by atoms with Gasteiger partial charge in [0.2, 0.25) is 5.91 Å². The van der Waals surface area contributed by atoms with E-state index in [1.54, 1.807) is 24.0 Å². The van der Waals surface area contributed by atoms with Crippen LogP contribution in [0.2, 0.25) is 0 Å². The molecule has 0 radical (unpaired) electrons. The second-order valence-corrected chi connectivity index (χ2v) is 6.19. The first-order valence-electron chi connectivity index (χ1n) is 8.52. The van der Waals surface area contributed by atoms with Gasteiger partial charge in [-0.1, -0.05) is 13.3 Å². The van der Waals surface area contributed by atoms with Crippen molar-refractivity contribution in [3.8, 4) is 0 Å². The molecular weight excluding hydrogens is 306 g/mol. The summed E-state index contributed by atoms with van der Waals surface area (Å²) in [4.78, 5) is 32.6. The van der Waals surface area contributed by atoms with Crippen LogP contribution in [-0.2, 0) is 4.79 Å². The maximum absolute atomic E-state index is 12.7. The van der Waals surface area contributed by atoms with Gasteiger partial charge in [0.25, 0.3) is 5.91 Å². The minimum Gasteiger partial charge on any atom is -0.441 e. The summed E-state index contributed by atoms with van der Waals surface area (Å²) in [5.74, 6) is 0.767. The maximum Gasteiger partial charge on any atom is 0.254 e. The first-order chi connectivity index (χ1) is 11.6. The average molecular weight is 329 g/mol.